The molecule has 0 unspecified atom stereocenters. The zero-order valence-corrected chi connectivity index (χ0v) is 18.4. The zero-order chi connectivity index (χ0) is 22.7. The van der Waals surface area contributed by atoms with Gasteiger partial charge in [0.2, 0.25) is 0 Å². The quantitative estimate of drug-likeness (QED) is 0.443. The topological polar surface area (TPSA) is 95.0 Å². The van der Waals surface area contributed by atoms with E-state index >= 15 is 0 Å². The van der Waals surface area contributed by atoms with Gasteiger partial charge in [-0.3, -0.25) is 9.36 Å². The Bertz CT molecular complexity index is 1640. The maximum absolute atomic E-state index is 13.7. The first-order valence-corrected chi connectivity index (χ1v) is 10.9. The van der Waals surface area contributed by atoms with E-state index in [1.54, 1.807) is 27.4 Å². The molecule has 8 nitrogen and oxygen atoms in total. The van der Waals surface area contributed by atoms with Gasteiger partial charge in [0.25, 0.3) is 5.56 Å². The summed E-state index contributed by atoms with van der Waals surface area (Å²) in [4.78, 5) is 27.7. The number of nitrogens with one attached hydrogen (secondary N) is 1. The molecule has 1 atom stereocenters. The first kappa shape index (κ1) is 19.6. The minimum atomic E-state index is -0.550. The first-order chi connectivity index (χ1) is 16.0. The molecule has 0 bridgehead atoms. The zero-order valence-electron chi connectivity index (χ0n) is 17.7. The van der Waals surface area contributed by atoms with Crippen LogP contribution in [0.15, 0.2) is 66.1 Å². The number of anilines is 1. The third-order valence-corrected chi connectivity index (χ3v) is 6.89. The van der Waals surface area contributed by atoms with Gasteiger partial charge in [-0.2, -0.15) is 5.26 Å². The lowest BCUT2D eigenvalue weighted by atomic mass is 9.82. The minimum Gasteiger partial charge on any atom is -0.345 e. The van der Waals surface area contributed by atoms with Crippen molar-refractivity contribution in [3.8, 4) is 11.8 Å². The average Bonchev–Trinajstić information content (AvgIpc) is 3.42. The molecule has 5 aromatic rings. The molecule has 162 valence electrons. The van der Waals surface area contributed by atoms with Crippen molar-refractivity contribution in [1.29, 1.82) is 5.26 Å². The van der Waals surface area contributed by atoms with Crippen molar-refractivity contribution in [1.82, 2.24) is 23.9 Å². The van der Waals surface area contributed by atoms with Gasteiger partial charge in [-0.25, -0.2) is 9.97 Å². The van der Waals surface area contributed by atoms with Crippen LogP contribution in [0.1, 0.15) is 24.6 Å². The van der Waals surface area contributed by atoms with Crippen LogP contribution in [0.3, 0.4) is 0 Å². The summed E-state index contributed by atoms with van der Waals surface area (Å²) in [5.74, 6) is 0.671. The molecule has 1 aliphatic heterocycles. The van der Waals surface area contributed by atoms with Gasteiger partial charge in [-0.15, -0.1) is 0 Å². The summed E-state index contributed by atoms with van der Waals surface area (Å²) in [5, 5.41) is 10.7. The Balaban J connectivity index is 1.62. The van der Waals surface area contributed by atoms with Gasteiger partial charge in [0.05, 0.1) is 27.2 Å². The van der Waals surface area contributed by atoms with E-state index in [4.69, 9.17) is 11.6 Å². The second-order valence-electron chi connectivity index (χ2n) is 8.32. The van der Waals surface area contributed by atoms with Crippen molar-refractivity contribution in [2.45, 2.75) is 18.9 Å². The smallest absolute Gasteiger partial charge is 0.281 e. The molecule has 1 aliphatic rings. The number of rotatable bonds is 3. The Morgan fingerprint density at radius 3 is 2.76 bits per heavy atom. The normalized spacial score (nSPS) is 17.9. The van der Waals surface area contributed by atoms with Crippen LogP contribution in [-0.4, -0.2) is 30.5 Å². The van der Waals surface area contributed by atoms with Crippen LogP contribution in [-0.2, 0) is 5.54 Å². The Morgan fingerprint density at radius 1 is 1.21 bits per heavy atom. The number of hydrogen-bond acceptors (Lipinski definition) is 5. The number of aromatic nitrogens is 5. The molecule has 5 heterocycles. The molecule has 9 heteroatoms. The van der Waals surface area contributed by atoms with E-state index in [2.05, 4.69) is 32.8 Å². The second-order valence-corrected chi connectivity index (χ2v) is 8.73. The van der Waals surface area contributed by atoms with Gasteiger partial charge in [-0.05, 0) is 31.5 Å². The fourth-order valence-corrected chi connectivity index (χ4v) is 5.00. The molecule has 0 radical (unpaired) electrons. The number of fused-ring (bicyclic) bond motifs is 2. The SMILES string of the molecule is C[C@@]1(c2cn3ccc(Cl)c3c(=O)n2-c2ccccc2)CCN1c1ncnc2[nH]cc(C#N)c12. The van der Waals surface area contributed by atoms with Crippen molar-refractivity contribution in [2.24, 2.45) is 0 Å². The highest BCUT2D eigenvalue weighted by Gasteiger charge is 2.46. The standard InChI is InChI=1S/C24H18ClN7O/c1-24(8-10-31(24)22-19-15(11-26)12-27-21(19)28-14-29-22)18-13-30-9-7-17(25)20(30)23(33)32(18)16-5-3-2-4-6-16/h2-7,9,12-14H,8,10H2,1H3,(H,27,28,29)/t24-/m0/s1. The summed E-state index contributed by atoms with van der Waals surface area (Å²) in [5.41, 5.74) is 2.37. The number of aromatic amines is 1. The predicted molar refractivity (Wildman–Crippen MR) is 126 cm³/mol. The van der Waals surface area contributed by atoms with Gasteiger partial charge < -0.3 is 14.3 Å². The number of nitriles is 1. The van der Waals surface area contributed by atoms with E-state index in [9.17, 15) is 10.1 Å². The largest absolute Gasteiger partial charge is 0.345 e. The van der Waals surface area contributed by atoms with Gasteiger partial charge in [0, 0.05) is 30.8 Å². The third-order valence-electron chi connectivity index (χ3n) is 6.58. The second kappa shape index (κ2) is 6.95. The molecule has 0 aliphatic carbocycles. The van der Waals surface area contributed by atoms with E-state index < -0.39 is 5.54 Å². The molecular weight excluding hydrogens is 438 g/mol. The number of benzene rings is 1. The third kappa shape index (κ3) is 2.66. The van der Waals surface area contributed by atoms with Crippen LogP contribution in [0.2, 0.25) is 5.02 Å². The number of halogens is 1. The van der Waals surface area contributed by atoms with Crippen LogP contribution < -0.4 is 10.5 Å². The van der Waals surface area contributed by atoms with E-state index in [0.29, 0.717) is 33.0 Å². The molecular formula is C24H18ClN7O. The summed E-state index contributed by atoms with van der Waals surface area (Å²) in [7, 11) is 0. The fourth-order valence-electron chi connectivity index (χ4n) is 4.77. The molecule has 0 amide bonds. The lowest BCUT2D eigenvalue weighted by molar-refractivity contribution is 0.291. The van der Waals surface area contributed by atoms with E-state index in [0.717, 1.165) is 24.3 Å². The summed E-state index contributed by atoms with van der Waals surface area (Å²) >= 11 is 6.37. The first-order valence-electron chi connectivity index (χ1n) is 10.5. The van der Waals surface area contributed by atoms with Gasteiger partial charge in [0.15, 0.2) is 0 Å². The molecule has 0 saturated carbocycles. The van der Waals surface area contributed by atoms with E-state index in [1.807, 2.05) is 36.5 Å². The highest BCUT2D eigenvalue weighted by molar-refractivity contribution is 6.33. The van der Waals surface area contributed by atoms with Gasteiger partial charge in [0.1, 0.15) is 29.4 Å². The van der Waals surface area contributed by atoms with Crippen LogP contribution in [0, 0.1) is 11.3 Å². The molecule has 6 rings (SSSR count). The molecule has 1 fully saturated rings. The maximum atomic E-state index is 13.7. The lowest BCUT2D eigenvalue weighted by Gasteiger charge is -2.52. The average molecular weight is 456 g/mol. The summed E-state index contributed by atoms with van der Waals surface area (Å²) in [6, 6.07) is 13.5. The molecule has 33 heavy (non-hydrogen) atoms. The van der Waals surface area contributed by atoms with Crippen LogP contribution in [0.5, 0.6) is 0 Å². The Labute approximate surface area is 193 Å². The number of para-hydroxylation sites is 1. The lowest BCUT2D eigenvalue weighted by Crippen LogP contribution is -2.58. The fraction of sp³-hybridized carbons (Fsp3) is 0.167. The maximum Gasteiger partial charge on any atom is 0.281 e. The minimum absolute atomic E-state index is 0.186. The Kier molecular flexibility index (Phi) is 4.13. The monoisotopic (exact) mass is 455 g/mol. The highest BCUT2D eigenvalue weighted by atomic mass is 35.5. The summed E-state index contributed by atoms with van der Waals surface area (Å²) in [6.07, 6.45) is 7.70. The number of hydrogen-bond donors (Lipinski definition) is 1. The van der Waals surface area contributed by atoms with Crippen molar-refractivity contribution in [3.05, 3.63) is 87.9 Å². The molecule has 4 aromatic heterocycles. The molecule has 0 spiro atoms. The van der Waals surface area contributed by atoms with Crippen LogP contribution in [0.4, 0.5) is 5.82 Å². The van der Waals surface area contributed by atoms with Crippen LogP contribution >= 0.6 is 11.6 Å². The van der Waals surface area contributed by atoms with Crippen molar-refractivity contribution < 1.29 is 0 Å². The predicted octanol–water partition coefficient (Wildman–Crippen LogP) is 4.01. The number of H-pyrrole nitrogens is 1. The summed E-state index contributed by atoms with van der Waals surface area (Å²) < 4.78 is 3.52. The van der Waals surface area contributed by atoms with Crippen molar-refractivity contribution in [3.63, 3.8) is 0 Å². The highest BCUT2D eigenvalue weighted by Crippen LogP contribution is 2.45. The molecule has 1 saturated heterocycles. The van der Waals surface area contributed by atoms with Gasteiger partial charge in [-0.1, -0.05) is 29.8 Å². The van der Waals surface area contributed by atoms with Crippen molar-refractivity contribution >= 4 is 34.0 Å². The number of nitrogens with zero attached hydrogens (tertiary/aromatic N) is 6. The summed E-state index contributed by atoms with van der Waals surface area (Å²) in [6.45, 7) is 2.82. The van der Waals surface area contributed by atoms with Gasteiger partial charge >= 0.3 is 0 Å². The Morgan fingerprint density at radius 2 is 2.03 bits per heavy atom. The van der Waals surface area contributed by atoms with Crippen LogP contribution in [0.25, 0.3) is 22.2 Å². The van der Waals surface area contributed by atoms with E-state index in [1.165, 1.54) is 6.33 Å². The van der Waals surface area contributed by atoms with Crippen molar-refractivity contribution in [2.75, 3.05) is 11.4 Å². The van der Waals surface area contributed by atoms with E-state index in [-0.39, 0.29) is 5.56 Å². The molecule has 1 aromatic carbocycles. The molecule has 1 N–H and O–H groups in total. The Hall–Kier alpha value is -4.09.